The summed E-state index contributed by atoms with van der Waals surface area (Å²) in [6.45, 7) is 10.9. The van der Waals surface area contributed by atoms with Crippen LogP contribution in [-0.4, -0.2) is 86.8 Å². The Balaban J connectivity index is 1.45. The third-order valence-electron chi connectivity index (χ3n) is 6.95. The van der Waals surface area contributed by atoms with Crippen molar-refractivity contribution in [3.8, 4) is 0 Å². The maximum Gasteiger partial charge on any atom is 0.228 e. The summed E-state index contributed by atoms with van der Waals surface area (Å²) in [6, 6.07) is 6.29. The molecule has 3 aliphatic rings. The van der Waals surface area contributed by atoms with Gasteiger partial charge in [-0.15, -0.1) is 0 Å². The Bertz CT molecular complexity index is 787. The van der Waals surface area contributed by atoms with Crippen LogP contribution in [0.25, 0.3) is 0 Å². The molecular weight excluding hydrogens is 394 g/mol. The molecule has 0 bridgehead atoms. The topological polar surface area (TPSA) is 62.3 Å². The Morgan fingerprint density at radius 3 is 2.48 bits per heavy atom. The van der Waals surface area contributed by atoms with Crippen LogP contribution in [0.15, 0.2) is 18.2 Å². The van der Waals surface area contributed by atoms with Gasteiger partial charge in [-0.2, -0.15) is 0 Å². The van der Waals surface area contributed by atoms with Crippen molar-refractivity contribution in [3.05, 3.63) is 29.3 Å². The molecule has 170 valence electrons. The monoisotopic (exact) mass is 429 g/mol. The minimum absolute atomic E-state index is 0.0432. The van der Waals surface area contributed by atoms with E-state index in [2.05, 4.69) is 29.7 Å². The van der Waals surface area contributed by atoms with Gasteiger partial charge in [-0.3, -0.25) is 14.5 Å². The maximum atomic E-state index is 13.6. The summed E-state index contributed by atoms with van der Waals surface area (Å²) in [5.74, 6) is -0.108. The Morgan fingerprint density at radius 1 is 1.06 bits per heavy atom. The molecule has 1 unspecified atom stereocenters. The number of aryl methyl sites for hydroxylation is 2. The Labute approximate surface area is 185 Å². The van der Waals surface area contributed by atoms with Crippen molar-refractivity contribution in [1.29, 1.82) is 0 Å². The first kappa shape index (κ1) is 22.2. The number of hydrogen-bond acceptors (Lipinski definition) is 5. The van der Waals surface area contributed by atoms with Gasteiger partial charge in [0.25, 0.3) is 0 Å². The van der Waals surface area contributed by atoms with E-state index in [1.807, 2.05) is 12.1 Å². The van der Waals surface area contributed by atoms with E-state index in [-0.39, 0.29) is 23.8 Å². The lowest BCUT2D eigenvalue weighted by Crippen LogP contribution is -2.50. The van der Waals surface area contributed by atoms with Crippen LogP contribution in [0.1, 0.15) is 30.4 Å². The molecule has 1 aromatic rings. The summed E-state index contributed by atoms with van der Waals surface area (Å²) < 4.78 is 11.0. The Hall–Kier alpha value is -1.96. The molecule has 7 heteroatoms. The lowest BCUT2D eigenvalue weighted by atomic mass is 10.0. The quantitative estimate of drug-likeness (QED) is 0.692. The van der Waals surface area contributed by atoms with Crippen LogP contribution in [0.3, 0.4) is 0 Å². The number of carbonyl (C=O) groups excluding carboxylic acids is 2. The first-order valence-electron chi connectivity index (χ1n) is 11.6. The summed E-state index contributed by atoms with van der Waals surface area (Å²) in [5, 5.41) is 0. The van der Waals surface area contributed by atoms with Crippen LogP contribution < -0.4 is 4.90 Å². The van der Waals surface area contributed by atoms with Gasteiger partial charge in [-0.05, 0) is 49.9 Å². The summed E-state index contributed by atoms with van der Waals surface area (Å²) in [5.41, 5.74) is 3.26. The van der Waals surface area contributed by atoms with Crippen molar-refractivity contribution in [2.45, 2.75) is 39.2 Å². The second-order valence-corrected chi connectivity index (χ2v) is 9.00. The van der Waals surface area contributed by atoms with E-state index >= 15 is 0 Å². The molecule has 1 aromatic carbocycles. The van der Waals surface area contributed by atoms with E-state index in [1.165, 1.54) is 5.56 Å². The van der Waals surface area contributed by atoms with Crippen molar-refractivity contribution in [2.75, 3.05) is 64.1 Å². The van der Waals surface area contributed by atoms with Crippen LogP contribution in [0.2, 0.25) is 0 Å². The van der Waals surface area contributed by atoms with Crippen LogP contribution in [-0.2, 0) is 19.1 Å². The van der Waals surface area contributed by atoms with E-state index in [4.69, 9.17) is 9.47 Å². The zero-order chi connectivity index (χ0) is 21.8. The first-order chi connectivity index (χ1) is 15.0. The van der Waals surface area contributed by atoms with Crippen molar-refractivity contribution in [1.82, 2.24) is 9.80 Å². The van der Waals surface area contributed by atoms with E-state index in [0.717, 1.165) is 56.9 Å². The molecule has 0 N–H and O–H groups in total. The second-order valence-electron chi connectivity index (χ2n) is 9.00. The van der Waals surface area contributed by atoms with Crippen LogP contribution >= 0.6 is 0 Å². The summed E-state index contributed by atoms with van der Waals surface area (Å²) in [6.07, 6.45) is 2.04. The highest BCUT2D eigenvalue weighted by Crippen LogP contribution is 2.29. The molecule has 2 amide bonds. The van der Waals surface area contributed by atoms with Gasteiger partial charge in [0, 0.05) is 64.1 Å². The maximum absolute atomic E-state index is 13.6. The van der Waals surface area contributed by atoms with Gasteiger partial charge in [0.2, 0.25) is 11.8 Å². The number of hydrogen-bond donors (Lipinski definition) is 0. The minimum Gasteiger partial charge on any atom is -0.381 e. The molecule has 0 aromatic heterocycles. The smallest absolute Gasteiger partial charge is 0.228 e. The van der Waals surface area contributed by atoms with Crippen molar-refractivity contribution < 1.29 is 19.1 Å². The number of rotatable bonds is 6. The summed E-state index contributed by atoms with van der Waals surface area (Å²) in [4.78, 5) is 32.6. The number of carbonyl (C=O) groups is 2. The molecule has 3 aliphatic heterocycles. The highest BCUT2D eigenvalue weighted by molar-refractivity contribution is 6.00. The number of morpholine rings is 1. The highest BCUT2D eigenvalue weighted by Gasteiger charge is 2.39. The van der Waals surface area contributed by atoms with Crippen LogP contribution in [0.5, 0.6) is 0 Å². The number of amides is 2. The third kappa shape index (κ3) is 5.27. The molecule has 3 heterocycles. The van der Waals surface area contributed by atoms with E-state index in [0.29, 0.717) is 32.7 Å². The SMILES string of the molecule is Cc1ccc(N2CC(C(=O)N(CCN3CCOCC3)C3CCOCC3)CC2=O)cc1C. The zero-order valence-corrected chi connectivity index (χ0v) is 18.8. The fourth-order valence-electron chi connectivity index (χ4n) is 4.79. The van der Waals surface area contributed by atoms with Crippen molar-refractivity contribution >= 4 is 17.5 Å². The summed E-state index contributed by atoms with van der Waals surface area (Å²) >= 11 is 0. The molecular formula is C24H35N3O4. The largest absolute Gasteiger partial charge is 0.381 e. The zero-order valence-electron chi connectivity index (χ0n) is 18.8. The van der Waals surface area contributed by atoms with Gasteiger partial charge >= 0.3 is 0 Å². The van der Waals surface area contributed by atoms with Gasteiger partial charge in [-0.1, -0.05) is 6.07 Å². The molecule has 7 nitrogen and oxygen atoms in total. The average Bonchev–Trinajstić information content (AvgIpc) is 3.19. The first-order valence-corrected chi connectivity index (χ1v) is 11.6. The number of ether oxygens (including phenoxy) is 2. The van der Waals surface area contributed by atoms with Crippen molar-refractivity contribution in [2.24, 2.45) is 5.92 Å². The van der Waals surface area contributed by atoms with Gasteiger partial charge in [-0.25, -0.2) is 0 Å². The van der Waals surface area contributed by atoms with Crippen LogP contribution in [0.4, 0.5) is 5.69 Å². The molecule has 0 aliphatic carbocycles. The molecule has 0 saturated carbocycles. The molecule has 0 radical (unpaired) electrons. The minimum atomic E-state index is -0.276. The standard InChI is InChI=1S/C24H35N3O4/c1-18-3-4-22(15-19(18)2)27-17-20(16-23(27)28)24(29)26(21-5-11-30-12-6-21)8-7-25-9-13-31-14-10-25/h3-4,15,20-21H,5-14,16-17H2,1-2H3. The van der Waals surface area contributed by atoms with E-state index in [1.54, 1.807) is 4.90 Å². The summed E-state index contributed by atoms with van der Waals surface area (Å²) in [7, 11) is 0. The Kier molecular flexibility index (Phi) is 7.25. The number of benzene rings is 1. The predicted octanol–water partition coefficient (Wildman–Crippen LogP) is 2.00. The molecule has 4 rings (SSSR count). The fraction of sp³-hybridized carbons (Fsp3) is 0.667. The second kappa shape index (κ2) is 10.1. The number of nitrogens with zero attached hydrogens (tertiary/aromatic N) is 3. The van der Waals surface area contributed by atoms with E-state index in [9.17, 15) is 9.59 Å². The van der Waals surface area contributed by atoms with E-state index < -0.39 is 0 Å². The molecule has 3 fully saturated rings. The predicted molar refractivity (Wildman–Crippen MR) is 119 cm³/mol. The lowest BCUT2D eigenvalue weighted by Gasteiger charge is -2.37. The van der Waals surface area contributed by atoms with Gasteiger partial charge < -0.3 is 19.3 Å². The van der Waals surface area contributed by atoms with Gasteiger partial charge in [0.15, 0.2) is 0 Å². The normalized spacial score (nSPS) is 23.4. The number of anilines is 1. The molecule has 1 atom stereocenters. The lowest BCUT2D eigenvalue weighted by molar-refractivity contribution is -0.140. The van der Waals surface area contributed by atoms with Crippen LogP contribution in [0, 0.1) is 19.8 Å². The van der Waals surface area contributed by atoms with Crippen molar-refractivity contribution in [3.63, 3.8) is 0 Å². The highest BCUT2D eigenvalue weighted by atomic mass is 16.5. The Morgan fingerprint density at radius 2 is 1.77 bits per heavy atom. The fourth-order valence-corrected chi connectivity index (χ4v) is 4.79. The average molecular weight is 430 g/mol. The molecule has 0 spiro atoms. The molecule has 31 heavy (non-hydrogen) atoms. The third-order valence-corrected chi connectivity index (χ3v) is 6.95. The van der Waals surface area contributed by atoms with Gasteiger partial charge in [0.05, 0.1) is 19.1 Å². The van der Waals surface area contributed by atoms with Gasteiger partial charge in [0.1, 0.15) is 0 Å². The molecule has 3 saturated heterocycles.